The molecule has 0 radical (unpaired) electrons. The van der Waals surface area contributed by atoms with Gasteiger partial charge in [-0.25, -0.2) is 0 Å². The first-order valence-electron chi connectivity index (χ1n) is 19.6. The maximum atomic E-state index is 13.8. The number of para-hydroxylation sites is 2. The second kappa shape index (κ2) is 17.9. The molecular formula is C43H57N5O6. The first-order chi connectivity index (χ1) is 26.0. The van der Waals surface area contributed by atoms with Gasteiger partial charge in [0, 0.05) is 48.6 Å². The predicted molar refractivity (Wildman–Crippen MR) is 210 cm³/mol. The third kappa shape index (κ3) is 10.5. The van der Waals surface area contributed by atoms with Gasteiger partial charge in [-0.05, 0) is 94.2 Å². The van der Waals surface area contributed by atoms with E-state index in [4.69, 9.17) is 15.2 Å². The first-order valence-corrected chi connectivity index (χ1v) is 19.6. The van der Waals surface area contributed by atoms with Gasteiger partial charge in [0.05, 0.1) is 36.2 Å². The van der Waals surface area contributed by atoms with Crippen molar-refractivity contribution in [1.82, 2.24) is 10.2 Å². The highest BCUT2D eigenvalue weighted by Crippen LogP contribution is 2.42. The molecule has 6 unspecified atom stereocenters. The van der Waals surface area contributed by atoms with Gasteiger partial charge in [-0.1, -0.05) is 61.4 Å². The van der Waals surface area contributed by atoms with Gasteiger partial charge >= 0.3 is 0 Å². The molecule has 3 aromatic rings. The molecule has 6 N–H and O–H groups in total. The number of aliphatic hydroxyl groups is 1. The monoisotopic (exact) mass is 739 g/mol. The number of ether oxygens (including phenoxy) is 2. The summed E-state index contributed by atoms with van der Waals surface area (Å²) in [5, 5.41) is 18.7. The van der Waals surface area contributed by atoms with Crippen LogP contribution in [0.3, 0.4) is 0 Å². The summed E-state index contributed by atoms with van der Waals surface area (Å²) in [6.07, 6.45) is 6.69. The van der Waals surface area contributed by atoms with Crippen LogP contribution in [0.2, 0.25) is 0 Å². The lowest BCUT2D eigenvalue weighted by atomic mass is 9.75. The minimum atomic E-state index is -0.717. The van der Waals surface area contributed by atoms with Gasteiger partial charge in [-0.3, -0.25) is 19.3 Å². The number of fused-ring (bicyclic) bond motifs is 1. The van der Waals surface area contributed by atoms with E-state index < -0.39 is 6.29 Å². The fourth-order valence-corrected chi connectivity index (χ4v) is 8.22. The van der Waals surface area contributed by atoms with Gasteiger partial charge < -0.3 is 36.3 Å². The molecule has 3 amide bonds. The van der Waals surface area contributed by atoms with Crippen molar-refractivity contribution in [3.8, 4) is 0 Å². The average molecular weight is 740 g/mol. The first kappa shape index (κ1) is 39.4. The summed E-state index contributed by atoms with van der Waals surface area (Å²) in [6.45, 7) is 6.65. The standard InChI is InChI=1S/C43H57N5O6/c1-43(2,3)47-41(52)37-23-22-29-10-4-7-15-36(29)48(37)26-33-25-38(30-20-18-28(27-49)19-21-30)54-42(53-33)31-11-8-12-32(24-31)45-39(50)16-9-17-40(51)46-35-14-6-5-13-34(35)44/h5-6,8,11-14,18-21,24,29,33,36-38,42,49H,4,7,9-10,15-17,22-23,25-27,44H2,1-3H3,(H,45,50)(H,46,51)(H,47,52). The number of piperidine rings is 1. The number of nitrogens with one attached hydrogen (secondary N) is 3. The highest BCUT2D eigenvalue weighted by atomic mass is 16.7. The second-order valence-electron chi connectivity index (χ2n) is 16.2. The van der Waals surface area contributed by atoms with Crippen LogP contribution in [0.25, 0.3) is 0 Å². The number of nitrogens with zero attached hydrogens (tertiary/aromatic N) is 1. The predicted octanol–water partition coefficient (Wildman–Crippen LogP) is 6.99. The van der Waals surface area contributed by atoms with Crippen LogP contribution in [-0.2, 0) is 30.5 Å². The molecule has 54 heavy (non-hydrogen) atoms. The van der Waals surface area contributed by atoms with Crippen molar-refractivity contribution in [3.05, 3.63) is 89.5 Å². The molecule has 2 heterocycles. The van der Waals surface area contributed by atoms with Gasteiger partial charge in [0.2, 0.25) is 17.7 Å². The number of amides is 3. The third-order valence-corrected chi connectivity index (χ3v) is 10.8. The molecule has 290 valence electrons. The van der Waals surface area contributed by atoms with E-state index in [1.165, 1.54) is 12.8 Å². The Bertz CT molecular complexity index is 1740. The number of nitrogen functional groups attached to an aromatic ring is 1. The Kier molecular flexibility index (Phi) is 13.1. The van der Waals surface area contributed by atoms with E-state index in [9.17, 15) is 19.5 Å². The lowest BCUT2D eigenvalue weighted by Crippen LogP contribution is -2.61. The van der Waals surface area contributed by atoms with E-state index in [2.05, 4.69) is 20.9 Å². The molecular weight excluding hydrogens is 683 g/mol. The number of carbonyl (C=O) groups excluding carboxylic acids is 3. The number of rotatable bonds is 12. The fourth-order valence-electron chi connectivity index (χ4n) is 8.22. The number of anilines is 3. The van der Waals surface area contributed by atoms with Gasteiger partial charge in [-0.2, -0.15) is 0 Å². The van der Waals surface area contributed by atoms with Crippen molar-refractivity contribution in [2.45, 2.75) is 128 Å². The van der Waals surface area contributed by atoms with E-state index in [1.54, 1.807) is 24.3 Å². The third-order valence-electron chi connectivity index (χ3n) is 10.8. The molecule has 1 saturated carbocycles. The minimum absolute atomic E-state index is 0.0375. The molecule has 3 aromatic carbocycles. The van der Waals surface area contributed by atoms with Gasteiger partial charge in [0.15, 0.2) is 6.29 Å². The van der Waals surface area contributed by atoms with Crippen molar-refractivity contribution in [3.63, 3.8) is 0 Å². The molecule has 6 rings (SSSR count). The Morgan fingerprint density at radius 1 is 0.852 bits per heavy atom. The summed E-state index contributed by atoms with van der Waals surface area (Å²) in [4.78, 5) is 41.6. The maximum Gasteiger partial charge on any atom is 0.237 e. The van der Waals surface area contributed by atoms with E-state index in [0.717, 1.165) is 42.4 Å². The zero-order valence-corrected chi connectivity index (χ0v) is 31.9. The number of hydrogen-bond donors (Lipinski definition) is 5. The smallest absolute Gasteiger partial charge is 0.237 e. The maximum absolute atomic E-state index is 13.8. The van der Waals surface area contributed by atoms with Gasteiger partial charge in [0.1, 0.15) is 0 Å². The lowest BCUT2D eigenvalue weighted by Gasteiger charge is -2.50. The molecule has 11 nitrogen and oxygen atoms in total. The summed E-state index contributed by atoms with van der Waals surface area (Å²) in [7, 11) is 0. The summed E-state index contributed by atoms with van der Waals surface area (Å²) in [6, 6.07) is 22.5. The molecule has 2 saturated heterocycles. The number of nitrogens with two attached hydrogens (primary N) is 1. The zero-order chi connectivity index (χ0) is 38.2. The lowest BCUT2D eigenvalue weighted by molar-refractivity contribution is -0.255. The molecule has 1 aliphatic carbocycles. The number of aliphatic hydroxyl groups excluding tert-OH is 1. The molecule has 3 fully saturated rings. The molecule has 11 heteroatoms. The Morgan fingerprint density at radius 3 is 2.33 bits per heavy atom. The van der Waals surface area contributed by atoms with Crippen LogP contribution in [-0.4, -0.2) is 58.0 Å². The van der Waals surface area contributed by atoms with E-state index >= 15 is 0 Å². The Hall–Kier alpha value is -4.29. The zero-order valence-electron chi connectivity index (χ0n) is 31.9. The SMILES string of the molecule is CC(C)(C)NC(=O)C1CCC2CCCCC2N1CC1CC(c2ccc(CO)cc2)OC(c2cccc(NC(=O)CCCC(=O)Nc3ccccc3N)c2)O1. The molecule has 0 bridgehead atoms. The topological polar surface area (TPSA) is 155 Å². The Balaban J connectivity index is 1.16. The number of hydrogen-bond acceptors (Lipinski definition) is 8. The van der Waals surface area contributed by atoms with Crippen molar-refractivity contribution < 1.29 is 29.0 Å². The summed E-state index contributed by atoms with van der Waals surface area (Å²) >= 11 is 0. The fraction of sp³-hybridized carbons (Fsp3) is 0.512. The van der Waals surface area contributed by atoms with Crippen LogP contribution in [0.4, 0.5) is 17.1 Å². The molecule has 0 spiro atoms. The van der Waals surface area contributed by atoms with E-state index in [-0.39, 0.29) is 61.0 Å². The molecule has 0 aromatic heterocycles. The Morgan fingerprint density at radius 2 is 1.59 bits per heavy atom. The molecule has 6 atom stereocenters. The quantitative estimate of drug-likeness (QED) is 0.125. The van der Waals surface area contributed by atoms with E-state index in [0.29, 0.717) is 48.4 Å². The van der Waals surface area contributed by atoms with Crippen LogP contribution in [0.1, 0.15) is 114 Å². The number of carbonyl (C=O) groups is 3. The van der Waals surface area contributed by atoms with Crippen LogP contribution in [0.15, 0.2) is 72.8 Å². The summed E-state index contributed by atoms with van der Waals surface area (Å²) < 4.78 is 13.4. The summed E-state index contributed by atoms with van der Waals surface area (Å²) in [5.74, 6) is 0.258. The molecule has 2 aliphatic heterocycles. The van der Waals surface area contributed by atoms with Crippen LogP contribution < -0.4 is 21.7 Å². The largest absolute Gasteiger partial charge is 0.397 e. The van der Waals surface area contributed by atoms with Crippen LogP contribution >= 0.6 is 0 Å². The second-order valence-corrected chi connectivity index (χ2v) is 16.2. The normalized spacial score (nSPS) is 24.6. The van der Waals surface area contributed by atoms with Gasteiger partial charge in [0.25, 0.3) is 0 Å². The Labute approximate surface area is 319 Å². The van der Waals surface area contributed by atoms with Crippen molar-refractivity contribution in [2.75, 3.05) is 22.9 Å². The highest BCUT2D eigenvalue weighted by molar-refractivity contribution is 5.95. The summed E-state index contributed by atoms with van der Waals surface area (Å²) in [5.41, 5.74) is 9.85. The minimum Gasteiger partial charge on any atom is -0.397 e. The highest BCUT2D eigenvalue weighted by Gasteiger charge is 2.44. The molecule has 3 aliphatic rings. The number of likely N-dealkylation sites (tertiary alicyclic amines) is 1. The number of benzene rings is 3. The van der Waals surface area contributed by atoms with Crippen molar-refractivity contribution >= 4 is 34.8 Å². The van der Waals surface area contributed by atoms with Crippen molar-refractivity contribution in [2.24, 2.45) is 5.92 Å². The van der Waals surface area contributed by atoms with Gasteiger partial charge in [-0.15, -0.1) is 0 Å². The van der Waals surface area contributed by atoms with Crippen LogP contribution in [0, 0.1) is 5.92 Å². The van der Waals surface area contributed by atoms with Crippen molar-refractivity contribution in [1.29, 1.82) is 0 Å². The average Bonchev–Trinajstić information content (AvgIpc) is 3.15. The van der Waals surface area contributed by atoms with Crippen LogP contribution in [0.5, 0.6) is 0 Å². The van der Waals surface area contributed by atoms with E-state index in [1.807, 2.05) is 69.3 Å².